The van der Waals surface area contributed by atoms with Gasteiger partial charge in [0.2, 0.25) is 5.95 Å². The quantitative estimate of drug-likeness (QED) is 0.0954. The van der Waals surface area contributed by atoms with E-state index >= 15 is 0 Å². The predicted molar refractivity (Wildman–Crippen MR) is 162 cm³/mol. The molecule has 0 saturated carbocycles. The lowest BCUT2D eigenvalue weighted by Crippen LogP contribution is -2.36. The Kier molecular flexibility index (Phi) is 9.97. The van der Waals surface area contributed by atoms with Crippen molar-refractivity contribution in [2.45, 2.75) is 37.7 Å². The Balaban J connectivity index is 1.42. The number of rotatable bonds is 12. The number of H-pyrrole nitrogens is 1. The van der Waals surface area contributed by atoms with Gasteiger partial charge >= 0.3 is 12.1 Å². The molecule has 3 N–H and O–H groups in total. The molecule has 1 aliphatic heterocycles. The number of pyridine rings is 1. The fraction of sp³-hybridized carbons (Fsp3) is 0.429. The molecule has 5 rings (SSSR count). The van der Waals surface area contributed by atoms with Crippen molar-refractivity contribution in [2.24, 2.45) is 0 Å². The number of thiol groups is 2. The molecule has 232 valence electrons. The average Bonchev–Trinajstić information content (AvgIpc) is 3.60. The first kappa shape index (κ1) is 32.1. The molecule has 4 aromatic heterocycles. The zero-order valence-corrected chi connectivity index (χ0v) is 26.7. The number of carbonyl (C=O) groups excluding carboxylic acids is 1. The highest BCUT2D eigenvalue weighted by Gasteiger charge is 2.50. The third kappa shape index (κ3) is 7.01. The van der Waals surface area contributed by atoms with E-state index in [2.05, 4.69) is 59.3 Å². The maximum atomic E-state index is 13.6. The molecule has 17 nitrogen and oxygen atoms in total. The minimum atomic E-state index is -4.19. The maximum absolute atomic E-state index is 13.6. The lowest BCUT2D eigenvalue weighted by molar-refractivity contribution is -0.0460. The van der Waals surface area contributed by atoms with E-state index in [1.807, 2.05) is 0 Å². The van der Waals surface area contributed by atoms with Gasteiger partial charge in [0.25, 0.3) is 5.56 Å². The zero-order valence-electron chi connectivity index (χ0n) is 22.1. The molecule has 0 spiro atoms. The van der Waals surface area contributed by atoms with Crippen LogP contribution in [0, 0.1) is 0 Å². The van der Waals surface area contributed by atoms with Crippen LogP contribution in [0.15, 0.2) is 23.4 Å². The number of fused-ring (bicyclic) bond motifs is 2. The number of imidazole rings is 2. The van der Waals surface area contributed by atoms with E-state index in [0.717, 1.165) is 0 Å². The van der Waals surface area contributed by atoms with Crippen molar-refractivity contribution in [1.29, 1.82) is 0 Å². The predicted octanol–water partition coefficient (Wildman–Crippen LogP) is 2.53. The fourth-order valence-corrected chi connectivity index (χ4v) is 6.42. The van der Waals surface area contributed by atoms with Crippen LogP contribution in [0.1, 0.15) is 12.1 Å². The van der Waals surface area contributed by atoms with Crippen molar-refractivity contribution in [1.82, 2.24) is 34.1 Å². The Morgan fingerprint density at radius 2 is 2.09 bits per heavy atom. The molecule has 5 heterocycles. The maximum Gasteiger partial charge on any atom is 0.387 e. The molecule has 4 aromatic rings. The minimum absolute atomic E-state index is 0.00205. The molecule has 1 saturated heterocycles. The van der Waals surface area contributed by atoms with Gasteiger partial charge in [-0.25, -0.2) is 24.3 Å². The number of aromatic amines is 1. The SMILES string of the molecule is CO[C@H]1[C@@H](OP(=O)(S)OCc2nc3cc(Cl)cnc3n2CCOC(=O)S)[C@H](n2cnc3c(=O)[nH]c(N)nc32)O[C@@H]1COP. The van der Waals surface area contributed by atoms with Crippen molar-refractivity contribution in [2.75, 3.05) is 26.1 Å². The molecule has 0 radical (unpaired) electrons. The number of hydrogen-bond donors (Lipinski definition) is 4. The number of nitrogens with zero attached hydrogens (tertiary/aromatic N) is 6. The highest BCUT2D eigenvalue weighted by molar-refractivity contribution is 8.44. The lowest BCUT2D eigenvalue weighted by atomic mass is 10.1. The first-order chi connectivity index (χ1) is 20.5. The third-order valence-electron chi connectivity index (χ3n) is 6.33. The Morgan fingerprint density at radius 3 is 2.81 bits per heavy atom. The molecule has 0 bridgehead atoms. The van der Waals surface area contributed by atoms with E-state index in [4.69, 9.17) is 45.1 Å². The van der Waals surface area contributed by atoms with Crippen LogP contribution in [0.25, 0.3) is 22.3 Å². The summed E-state index contributed by atoms with van der Waals surface area (Å²) in [4.78, 5) is 42.9. The summed E-state index contributed by atoms with van der Waals surface area (Å²) in [6.07, 6.45) is -0.987. The Hall–Kier alpha value is -2.31. The lowest BCUT2D eigenvalue weighted by Gasteiger charge is -2.26. The number of carbonyl (C=O) groups is 1. The summed E-state index contributed by atoms with van der Waals surface area (Å²) in [7, 11) is 3.53. The summed E-state index contributed by atoms with van der Waals surface area (Å²) >= 11 is 13.9. The number of ether oxygens (including phenoxy) is 3. The van der Waals surface area contributed by atoms with Crippen LogP contribution >= 0.6 is 52.7 Å². The van der Waals surface area contributed by atoms with Crippen LogP contribution in [0.3, 0.4) is 0 Å². The van der Waals surface area contributed by atoms with Gasteiger partial charge in [-0.05, 0) is 6.07 Å². The molecule has 22 heteroatoms. The summed E-state index contributed by atoms with van der Waals surface area (Å²) in [5.41, 5.74) is 6.14. The second-order valence-electron chi connectivity index (χ2n) is 8.98. The Labute approximate surface area is 260 Å². The molecule has 43 heavy (non-hydrogen) atoms. The molecular formula is C21H25ClN8O9P2S2. The van der Waals surface area contributed by atoms with Gasteiger partial charge in [-0.15, -0.1) is 0 Å². The monoisotopic (exact) mass is 694 g/mol. The molecule has 0 aromatic carbocycles. The van der Waals surface area contributed by atoms with Crippen LogP contribution in [0.5, 0.6) is 0 Å². The second-order valence-corrected chi connectivity index (χ2v) is 13.0. The number of nitrogen functional groups attached to an aromatic ring is 1. The smallest absolute Gasteiger partial charge is 0.387 e. The number of halogens is 1. The van der Waals surface area contributed by atoms with Gasteiger partial charge in [0, 0.05) is 22.8 Å². The van der Waals surface area contributed by atoms with Gasteiger partial charge in [0.05, 0.1) is 24.5 Å². The van der Waals surface area contributed by atoms with Crippen molar-refractivity contribution >= 4 is 86.3 Å². The van der Waals surface area contributed by atoms with Gasteiger partial charge in [0.1, 0.15) is 42.9 Å². The molecule has 2 unspecified atom stereocenters. The van der Waals surface area contributed by atoms with E-state index in [1.54, 1.807) is 10.6 Å². The van der Waals surface area contributed by atoms with Gasteiger partial charge < -0.3 is 29.0 Å². The average molecular weight is 695 g/mol. The van der Waals surface area contributed by atoms with Crippen LogP contribution in [-0.4, -0.2) is 78.0 Å². The first-order valence-electron chi connectivity index (χ1n) is 12.3. The number of methoxy groups -OCH3 is 1. The van der Waals surface area contributed by atoms with Crippen molar-refractivity contribution in [3.05, 3.63) is 39.8 Å². The third-order valence-corrected chi connectivity index (χ3v) is 8.45. The van der Waals surface area contributed by atoms with E-state index in [0.29, 0.717) is 16.2 Å². The van der Waals surface area contributed by atoms with E-state index in [9.17, 15) is 14.2 Å². The standard InChI is InChI=1S/C21H25ClN8O9P2S2/c1-34-14-11(6-36-40)38-19(30-8-25-13-17(30)27-20(23)28-18(13)31)15(14)39-41(33,43)37-7-12-26-10-4-9(22)5-24-16(10)29(12)2-3-35-21(32)42/h4-5,8,11,14-15,19H,2-3,6-7,40H2,1H3,(H,32,42)(H,33,43)(H3,23,27,28,31)/t11-,14-,15-,19-,41?/m1/s1. The Morgan fingerprint density at radius 1 is 1.30 bits per heavy atom. The summed E-state index contributed by atoms with van der Waals surface area (Å²) in [5.74, 6) is 0.128. The van der Waals surface area contributed by atoms with Crippen molar-refractivity contribution in [3.8, 4) is 0 Å². The summed E-state index contributed by atoms with van der Waals surface area (Å²) < 4.78 is 50.1. The van der Waals surface area contributed by atoms with Crippen molar-refractivity contribution < 1.29 is 37.1 Å². The number of nitrogens with one attached hydrogen (secondary N) is 1. The fourth-order valence-electron chi connectivity index (χ4n) is 4.61. The summed E-state index contributed by atoms with van der Waals surface area (Å²) in [5, 5.41) is -0.409. The van der Waals surface area contributed by atoms with E-state index in [1.165, 1.54) is 24.2 Å². The van der Waals surface area contributed by atoms with Crippen LogP contribution < -0.4 is 11.3 Å². The van der Waals surface area contributed by atoms with Gasteiger partial charge in [0.15, 0.2) is 23.0 Å². The first-order valence-corrected chi connectivity index (χ1v) is 16.2. The van der Waals surface area contributed by atoms with Crippen LogP contribution in [0.4, 0.5) is 10.7 Å². The van der Waals surface area contributed by atoms with Gasteiger partial charge in [-0.2, -0.15) is 4.98 Å². The normalized spacial score (nSPS) is 21.9. The van der Waals surface area contributed by atoms with Crippen molar-refractivity contribution in [3.63, 3.8) is 0 Å². The van der Waals surface area contributed by atoms with E-state index in [-0.39, 0.29) is 49.3 Å². The second kappa shape index (κ2) is 13.4. The highest BCUT2D eigenvalue weighted by Crippen LogP contribution is 2.57. The topological polar surface area (TPSA) is 210 Å². The van der Waals surface area contributed by atoms with E-state index < -0.39 is 42.2 Å². The van der Waals surface area contributed by atoms with Crippen LogP contribution in [0.2, 0.25) is 5.02 Å². The minimum Gasteiger partial charge on any atom is -0.456 e. The number of nitrogens with two attached hydrogens (primary N) is 1. The molecular weight excluding hydrogens is 670 g/mol. The molecule has 1 fully saturated rings. The molecule has 0 aliphatic carbocycles. The van der Waals surface area contributed by atoms with Gasteiger partial charge in [-0.1, -0.05) is 36.5 Å². The zero-order chi connectivity index (χ0) is 30.9. The van der Waals surface area contributed by atoms with Gasteiger partial charge in [-0.3, -0.25) is 23.4 Å². The molecule has 1 aliphatic rings. The number of hydrogen-bond acceptors (Lipinski definition) is 14. The highest BCUT2D eigenvalue weighted by atomic mass is 35.5. The number of anilines is 1. The Bertz CT molecular complexity index is 1760. The molecule has 6 atom stereocenters. The largest absolute Gasteiger partial charge is 0.456 e. The molecule has 0 amide bonds. The van der Waals surface area contributed by atoms with Crippen LogP contribution in [-0.2, 0) is 45.5 Å². The number of aromatic nitrogens is 7. The summed E-state index contributed by atoms with van der Waals surface area (Å²) in [6, 6.07) is 1.59. The summed E-state index contributed by atoms with van der Waals surface area (Å²) in [6.45, 7) is -4.40.